The Morgan fingerprint density at radius 3 is 2.68 bits per heavy atom. The summed E-state index contributed by atoms with van der Waals surface area (Å²) in [6.45, 7) is 2.17. The van der Waals surface area contributed by atoms with E-state index in [2.05, 4.69) is 58.2 Å². The largest absolute Gasteiger partial charge is 0.306 e. The van der Waals surface area contributed by atoms with Crippen molar-refractivity contribution in [1.82, 2.24) is 49.6 Å². The molecule has 1 aromatic carbocycles. The average molecular weight is 412 g/mol. The van der Waals surface area contributed by atoms with E-state index < -0.39 is 0 Å². The smallest absolute Gasteiger partial charge is 0.187 e. The first kappa shape index (κ1) is 18.0. The summed E-state index contributed by atoms with van der Waals surface area (Å²) < 4.78 is 3.76. The zero-order valence-electron chi connectivity index (χ0n) is 17.0. The third-order valence-electron chi connectivity index (χ3n) is 5.87. The highest BCUT2D eigenvalue weighted by molar-refractivity contribution is 5.87. The first-order valence-corrected chi connectivity index (χ1v) is 10.3. The Morgan fingerprint density at radius 2 is 1.81 bits per heavy atom. The van der Waals surface area contributed by atoms with E-state index in [1.165, 1.54) is 0 Å². The maximum Gasteiger partial charge on any atom is 0.187 e. The van der Waals surface area contributed by atoms with Gasteiger partial charge < -0.3 is 4.90 Å². The van der Waals surface area contributed by atoms with Gasteiger partial charge in [0.25, 0.3) is 0 Å². The predicted molar refractivity (Wildman–Crippen MR) is 115 cm³/mol. The fourth-order valence-electron chi connectivity index (χ4n) is 4.14. The maximum absolute atomic E-state index is 4.61. The van der Waals surface area contributed by atoms with Crippen molar-refractivity contribution in [3.63, 3.8) is 0 Å². The molecule has 0 amide bonds. The summed E-state index contributed by atoms with van der Waals surface area (Å²) >= 11 is 0. The van der Waals surface area contributed by atoms with Gasteiger partial charge in [-0.1, -0.05) is 5.21 Å². The quantitative estimate of drug-likeness (QED) is 0.445. The first-order valence-electron chi connectivity index (χ1n) is 10.3. The Labute approximate surface area is 177 Å². The molecule has 31 heavy (non-hydrogen) atoms. The fourth-order valence-corrected chi connectivity index (χ4v) is 4.14. The number of nitrogens with zero attached hydrogens (tertiary/aromatic N) is 10. The molecule has 6 rings (SSSR count). The van der Waals surface area contributed by atoms with E-state index in [-0.39, 0.29) is 0 Å². The van der Waals surface area contributed by atoms with Gasteiger partial charge in [-0.3, -0.25) is 14.6 Å². The van der Waals surface area contributed by atoms with Crippen LogP contribution in [0.3, 0.4) is 0 Å². The molecule has 0 radical (unpaired) electrons. The van der Waals surface area contributed by atoms with E-state index in [0.717, 1.165) is 53.9 Å². The minimum Gasteiger partial charge on any atom is -0.306 e. The SMILES string of the molecule is CN1CCC(n2cc(-c3ncnc4c3nnn4-c3ccc4nccnc4c3)cn2)CC1. The van der Waals surface area contributed by atoms with Crippen molar-refractivity contribution in [1.29, 1.82) is 0 Å². The van der Waals surface area contributed by atoms with Crippen LogP contribution in [0.4, 0.5) is 0 Å². The summed E-state index contributed by atoms with van der Waals surface area (Å²) in [4.78, 5) is 20.0. The zero-order valence-corrected chi connectivity index (χ0v) is 17.0. The Hall–Kier alpha value is -3.79. The molecule has 1 saturated heterocycles. The van der Waals surface area contributed by atoms with Crippen LogP contribution in [0, 0.1) is 0 Å². The third kappa shape index (κ3) is 3.12. The number of hydrogen-bond donors (Lipinski definition) is 0. The highest BCUT2D eigenvalue weighted by Crippen LogP contribution is 2.28. The van der Waals surface area contributed by atoms with Crippen molar-refractivity contribution in [2.24, 2.45) is 0 Å². The van der Waals surface area contributed by atoms with Gasteiger partial charge in [0.2, 0.25) is 0 Å². The van der Waals surface area contributed by atoms with Crippen LogP contribution in [0.15, 0.2) is 49.3 Å². The summed E-state index contributed by atoms with van der Waals surface area (Å²) in [5, 5.41) is 13.4. The van der Waals surface area contributed by atoms with Crippen molar-refractivity contribution in [2.45, 2.75) is 18.9 Å². The Balaban J connectivity index is 1.39. The third-order valence-corrected chi connectivity index (χ3v) is 5.87. The monoisotopic (exact) mass is 412 g/mol. The lowest BCUT2D eigenvalue weighted by Gasteiger charge is -2.28. The maximum atomic E-state index is 4.61. The fraction of sp³-hybridized carbons (Fsp3) is 0.286. The lowest BCUT2D eigenvalue weighted by molar-refractivity contribution is 0.212. The molecule has 10 nitrogen and oxygen atoms in total. The van der Waals surface area contributed by atoms with Gasteiger partial charge in [-0.05, 0) is 51.2 Å². The van der Waals surface area contributed by atoms with Gasteiger partial charge in [-0.2, -0.15) is 9.78 Å². The number of aromatic nitrogens is 9. The molecule has 5 heterocycles. The molecule has 1 aliphatic rings. The van der Waals surface area contributed by atoms with Crippen molar-refractivity contribution < 1.29 is 0 Å². The Morgan fingerprint density at radius 1 is 0.968 bits per heavy atom. The second-order valence-corrected chi connectivity index (χ2v) is 7.87. The normalized spacial score (nSPS) is 15.8. The molecule has 0 saturated carbocycles. The molecule has 0 aliphatic carbocycles. The van der Waals surface area contributed by atoms with Gasteiger partial charge in [0.15, 0.2) is 11.2 Å². The molecule has 4 aromatic heterocycles. The minimum atomic E-state index is 0.414. The molecule has 0 N–H and O–H groups in total. The van der Waals surface area contributed by atoms with E-state index in [1.54, 1.807) is 23.4 Å². The number of fused-ring (bicyclic) bond motifs is 2. The lowest BCUT2D eigenvalue weighted by atomic mass is 10.1. The molecule has 0 spiro atoms. The van der Waals surface area contributed by atoms with Gasteiger partial charge in [-0.15, -0.1) is 5.10 Å². The van der Waals surface area contributed by atoms with Crippen LogP contribution < -0.4 is 0 Å². The molecular formula is C21H20N10. The molecular weight excluding hydrogens is 392 g/mol. The molecule has 5 aromatic rings. The first-order chi connectivity index (χ1) is 15.3. The van der Waals surface area contributed by atoms with E-state index in [0.29, 0.717) is 17.2 Å². The number of likely N-dealkylation sites (tertiary alicyclic amines) is 1. The summed E-state index contributed by atoms with van der Waals surface area (Å²) in [5.41, 5.74) is 5.37. The van der Waals surface area contributed by atoms with Gasteiger partial charge in [0, 0.05) is 24.2 Å². The molecule has 10 heteroatoms. The van der Waals surface area contributed by atoms with Crippen LogP contribution in [-0.2, 0) is 0 Å². The Kier molecular flexibility index (Phi) is 4.17. The van der Waals surface area contributed by atoms with Gasteiger partial charge in [-0.25, -0.2) is 9.97 Å². The molecule has 1 fully saturated rings. The van der Waals surface area contributed by atoms with Crippen molar-refractivity contribution in [3.05, 3.63) is 49.3 Å². The minimum absolute atomic E-state index is 0.414. The standard InChI is InChI=1S/C21H20N10/c1-29-8-4-15(5-9-29)30-12-14(11-26-30)19-20-21(25-13-24-19)31(28-27-20)16-2-3-17-18(10-16)23-7-6-22-17/h2-3,6-7,10-13,15H,4-5,8-9H2,1H3. The van der Waals surface area contributed by atoms with Gasteiger partial charge in [0.1, 0.15) is 12.0 Å². The molecule has 1 aliphatic heterocycles. The average Bonchev–Trinajstić information content (AvgIpc) is 3.47. The summed E-state index contributed by atoms with van der Waals surface area (Å²) in [6, 6.07) is 6.19. The molecule has 0 unspecified atom stereocenters. The van der Waals surface area contributed by atoms with E-state index >= 15 is 0 Å². The molecule has 0 bridgehead atoms. The highest BCUT2D eigenvalue weighted by atomic mass is 15.4. The highest BCUT2D eigenvalue weighted by Gasteiger charge is 2.21. The van der Waals surface area contributed by atoms with Crippen molar-refractivity contribution in [3.8, 4) is 16.9 Å². The topological polar surface area (TPSA) is 103 Å². The second kappa shape index (κ2) is 7.17. The summed E-state index contributed by atoms with van der Waals surface area (Å²) in [6.07, 6.45) is 11.0. The van der Waals surface area contributed by atoms with Crippen LogP contribution in [0.25, 0.3) is 39.1 Å². The van der Waals surface area contributed by atoms with E-state index in [1.807, 2.05) is 24.4 Å². The van der Waals surface area contributed by atoms with E-state index in [9.17, 15) is 0 Å². The van der Waals surface area contributed by atoms with Crippen LogP contribution in [0.2, 0.25) is 0 Å². The van der Waals surface area contributed by atoms with Gasteiger partial charge >= 0.3 is 0 Å². The Bertz CT molecular complexity index is 1380. The molecule has 154 valence electrons. The number of hydrogen-bond acceptors (Lipinski definition) is 8. The molecule has 0 atom stereocenters. The van der Waals surface area contributed by atoms with E-state index in [4.69, 9.17) is 0 Å². The number of piperidine rings is 1. The van der Waals surface area contributed by atoms with Gasteiger partial charge in [0.05, 0.1) is 29.0 Å². The summed E-state index contributed by atoms with van der Waals surface area (Å²) in [5.74, 6) is 0. The van der Waals surface area contributed by atoms with Crippen molar-refractivity contribution >= 4 is 22.2 Å². The van der Waals surface area contributed by atoms with Crippen LogP contribution >= 0.6 is 0 Å². The van der Waals surface area contributed by atoms with Crippen LogP contribution in [0.1, 0.15) is 18.9 Å². The van der Waals surface area contributed by atoms with Crippen LogP contribution in [-0.4, -0.2) is 69.7 Å². The number of benzene rings is 1. The predicted octanol–water partition coefficient (Wildman–Crippen LogP) is 2.28. The zero-order chi connectivity index (χ0) is 20.8. The summed E-state index contributed by atoms with van der Waals surface area (Å²) in [7, 11) is 2.16. The number of rotatable bonds is 3. The second-order valence-electron chi connectivity index (χ2n) is 7.87. The van der Waals surface area contributed by atoms with Crippen molar-refractivity contribution in [2.75, 3.05) is 20.1 Å². The van der Waals surface area contributed by atoms with Crippen LogP contribution in [0.5, 0.6) is 0 Å². The lowest BCUT2D eigenvalue weighted by Crippen LogP contribution is -2.31.